The van der Waals surface area contributed by atoms with Crippen molar-refractivity contribution in [2.45, 2.75) is 32.3 Å². The number of ether oxygens (including phenoxy) is 1. The van der Waals surface area contributed by atoms with Gasteiger partial charge in [0.25, 0.3) is 0 Å². The Labute approximate surface area is 97.1 Å². The third-order valence-corrected chi connectivity index (χ3v) is 3.10. The smallest absolute Gasteiger partial charge is 0.123 e. The molecule has 1 aliphatic rings. The summed E-state index contributed by atoms with van der Waals surface area (Å²) in [6, 6.07) is 6.22. The Morgan fingerprint density at radius 2 is 2.25 bits per heavy atom. The van der Waals surface area contributed by atoms with Gasteiger partial charge in [-0.1, -0.05) is 12.6 Å². The van der Waals surface area contributed by atoms with E-state index in [9.17, 15) is 0 Å². The highest BCUT2D eigenvalue weighted by molar-refractivity contribution is 5.66. The Morgan fingerprint density at radius 1 is 1.50 bits per heavy atom. The summed E-state index contributed by atoms with van der Waals surface area (Å²) in [6.07, 6.45) is 2.12. The van der Waals surface area contributed by atoms with E-state index >= 15 is 0 Å². The van der Waals surface area contributed by atoms with Crippen LogP contribution in [0, 0.1) is 0 Å². The van der Waals surface area contributed by atoms with Crippen LogP contribution in [0.1, 0.15) is 31.4 Å². The van der Waals surface area contributed by atoms with E-state index in [4.69, 9.17) is 10.5 Å². The van der Waals surface area contributed by atoms with Gasteiger partial charge in [-0.3, -0.25) is 0 Å². The van der Waals surface area contributed by atoms with Crippen LogP contribution in [0.3, 0.4) is 0 Å². The highest BCUT2D eigenvalue weighted by atomic mass is 16.5. The van der Waals surface area contributed by atoms with Gasteiger partial charge >= 0.3 is 0 Å². The van der Waals surface area contributed by atoms with Gasteiger partial charge < -0.3 is 10.5 Å². The molecule has 1 heterocycles. The molecule has 0 bridgehead atoms. The topological polar surface area (TPSA) is 35.2 Å². The van der Waals surface area contributed by atoms with Crippen LogP contribution in [0.15, 0.2) is 24.8 Å². The van der Waals surface area contributed by atoms with Crippen LogP contribution < -0.4 is 10.5 Å². The standard InChI is InChI=1S/C14H19NO/c1-10(9-15)11-4-5-13-12(8-11)6-7-14(2,3)16-13/h4-5,8H,1,6-7,9,15H2,2-3H3. The zero-order chi connectivity index (χ0) is 11.8. The third kappa shape index (κ3) is 2.12. The number of aryl methyl sites for hydroxylation is 1. The summed E-state index contributed by atoms with van der Waals surface area (Å²) in [5.74, 6) is 1.00. The first-order chi connectivity index (χ1) is 7.52. The van der Waals surface area contributed by atoms with Crippen molar-refractivity contribution in [2.75, 3.05) is 6.54 Å². The Hall–Kier alpha value is -1.28. The molecule has 0 aromatic heterocycles. The monoisotopic (exact) mass is 217 g/mol. The van der Waals surface area contributed by atoms with E-state index in [0.717, 1.165) is 29.7 Å². The fourth-order valence-electron chi connectivity index (χ4n) is 2.00. The molecule has 1 aromatic carbocycles. The van der Waals surface area contributed by atoms with Crippen LogP contribution in [0.2, 0.25) is 0 Å². The minimum absolute atomic E-state index is 0.0423. The molecule has 0 amide bonds. The zero-order valence-electron chi connectivity index (χ0n) is 10.0. The van der Waals surface area contributed by atoms with E-state index in [-0.39, 0.29) is 5.60 Å². The molecule has 0 fully saturated rings. The van der Waals surface area contributed by atoms with Crippen LogP contribution in [-0.4, -0.2) is 12.1 Å². The lowest BCUT2D eigenvalue weighted by Gasteiger charge is -2.32. The molecule has 2 N–H and O–H groups in total. The summed E-state index contributed by atoms with van der Waals surface area (Å²) < 4.78 is 5.93. The van der Waals surface area contributed by atoms with Crippen molar-refractivity contribution in [1.29, 1.82) is 0 Å². The van der Waals surface area contributed by atoms with Crippen molar-refractivity contribution in [3.8, 4) is 5.75 Å². The van der Waals surface area contributed by atoms with Crippen LogP contribution in [0.4, 0.5) is 0 Å². The fraction of sp³-hybridized carbons (Fsp3) is 0.429. The van der Waals surface area contributed by atoms with Crippen LogP contribution in [-0.2, 0) is 6.42 Å². The van der Waals surface area contributed by atoms with Gasteiger partial charge in [-0.2, -0.15) is 0 Å². The number of hydrogen-bond acceptors (Lipinski definition) is 2. The number of nitrogens with two attached hydrogens (primary N) is 1. The van der Waals surface area contributed by atoms with E-state index in [1.807, 2.05) is 12.1 Å². The summed E-state index contributed by atoms with van der Waals surface area (Å²) in [5, 5.41) is 0. The van der Waals surface area contributed by atoms with Gasteiger partial charge in [-0.05, 0) is 55.5 Å². The molecule has 0 radical (unpaired) electrons. The number of fused-ring (bicyclic) bond motifs is 1. The second kappa shape index (κ2) is 3.95. The molecule has 0 aliphatic carbocycles. The van der Waals surface area contributed by atoms with Crippen molar-refractivity contribution >= 4 is 5.57 Å². The molecule has 0 atom stereocenters. The number of rotatable bonds is 2. The molecule has 2 heteroatoms. The largest absolute Gasteiger partial charge is 0.488 e. The second-order valence-electron chi connectivity index (χ2n) is 4.99. The fourth-order valence-corrected chi connectivity index (χ4v) is 2.00. The van der Waals surface area contributed by atoms with Gasteiger partial charge in [0.2, 0.25) is 0 Å². The van der Waals surface area contributed by atoms with Crippen molar-refractivity contribution in [3.05, 3.63) is 35.9 Å². The third-order valence-electron chi connectivity index (χ3n) is 3.10. The quantitative estimate of drug-likeness (QED) is 0.826. The van der Waals surface area contributed by atoms with Gasteiger partial charge in [0, 0.05) is 6.54 Å². The zero-order valence-corrected chi connectivity index (χ0v) is 10.0. The maximum atomic E-state index is 5.93. The van der Waals surface area contributed by atoms with Gasteiger partial charge in [0.05, 0.1) is 0 Å². The van der Waals surface area contributed by atoms with Crippen LogP contribution in [0.5, 0.6) is 5.75 Å². The molecule has 16 heavy (non-hydrogen) atoms. The van der Waals surface area contributed by atoms with Gasteiger partial charge in [-0.25, -0.2) is 0 Å². The van der Waals surface area contributed by atoms with Gasteiger partial charge in [0.1, 0.15) is 11.4 Å². The number of benzene rings is 1. The predicted molar refractivity (Wildman–Crippen MR) is 67.6 cm³/mol. The lowest BCUT2D eigenvalue weighted by Crippen LogP contribution is -2.32. The molecule has 0 unspecified atom stereocenters. The lowest BCUT2D eigenvalue weighted by molar-refractivity contribution is 0.0847. The van der Waals surface area contributed by atoms with E-state index in [0.29, 0.717) is 6.54 Å². The molecular weight excluding hydrogens is 198 g/mol. The van der Waals surface area contributed by atoms with Crippen molar-refractivity contribution in [1.82, 2.24) is 0 Å². The van der Waals surface area contributed by atoms with Gasteiger partial charge in [0.15, 0.2) is 0 Å². The normalized spacial score (nSPS) is 17.4. The maximum Gasteiger partial charge on any atom is 0.123 e. The average molecular weight is 217 g/mol. The van der Waals surface area contributed by atoms with E-state index in [1.165, 1.54) is 5.56 Å². The van der Waals surface area contributed by atoms with Crippen molar-refractivity contribution < 1.29 is 4.74 Å². The van der Waals surface area contributed by atoms with E-state index < -0.39 is 0 Å². The minimum Gasteiger partial charge on any atom is -0.488 e. The first kappa shape index (κ1) is 11.2. The highest BCUT2D eigenvalue weighted by Crippen LogP contribution is 2.34. The molecule has 2 nitrogen and oxygen atoms in total. The molecule has 0 saturated carbocycles. The second-order valence-corrected chi connectivity index (χ2v) is 4.99. The molecule has 0 saturated heterocycles. The first-order valence-corrected chi connectivity index (χ1v) is 5.72. The minimum atomic E-state index is -0.0423. The molecule has 1 aliphatic heterocycles. The molecule has 2 rings (SSSR count). The Balaban J connectivity index is 2.32. The summed E-state index contributed by atoms with van der Waals surface area (Å²) in [7, 11) is 0. The Bertz CT molecular complexity index is 421. The van der Waals surface area contributed by atoms with Crippen LogP contribution in [0.25, 0.3) is 5.57 Å². The lowest BCUT2D eigenvalue weighted by atomic mass is 9.92. The number of hydrogen-bond donors (Lipinski definition) is 1. The van der Waals surface area contributed by atoms with Crippen molar-refractivity contribution in [2.24, 2.45) is 5.73 Å². The van der Waals surface area contributed by atoms with E-state index in [2.05, 4.69) is 26.5 Å². The molecule has 86 valence electrons. The molecule has 1 aromatic rings. The van der Waals surface area contributed by atoms with Crippen LogP contribution >= 0.6 is 0 Å². The first-order valence-electron chi connectivity index (χ1n) is 5.72. The summed E-state index contributed by atoms with van der Waals surface area (Å²) in [5.41, 5.74) is 8.93. The van der Waals surface area contributed by atoms with E-state index in [1.54, 1.807) is 0 Å². The summed E-state index contributed by atoms with van der Waals surface area (Å²) >= 11 is 0. The van der Waals surface area contributed by atoms with Crippen molar-refractivity contribution in [3.63, 3.8) is 0 Å². The summed E-state index contributed by atoms with van der Waals surface area (Å²) in [6.45, 7) is 8.72. The predicted octanol–water partition coefficient (Wildman–Crippen LogP) is 2.76. The SMILES string of the molecule is C=C(CN)c1ccc2c(c1)CCC(C)(C)O2. The summed E-state index contributed by atoms with van der Waals surface area (Å²) in [4.78, 5) is 0. The molecular formula is C14H19NO. The molecule has 0 spiro atoms. The maximum absolute atomic E-state index is 5.93. The Kier molecular flexibility index (Phi) is 2.76. The highest BCUT2D eigenvalue weighted by Gasteiger charge is 2.26. The average Bonchev–Trinajstić information content (AvgIpc) is 2.26. The van der Waals surface area contributed by atoms with Gasteiger partial charge in [-0.15, -0.1) is 0 Å². The Morgan fingerprint density at radius 3 is 2.94 bits per heavy atom.